The van der Waals surface area contributed by atoms with Gasteiger partial charge in [-0.05, 0) is 35.9 Å². The first-order valence-electron chi connectivity index (χ1n) is 5.93. The second kappa shape index (κ2) is 4.65. The highest BCUT2D eigenvalue weighted by atomic mass is 16.7. The molecule has 0 aliphatic carbocycles. The molecule has 0 radical (unpaired) electrons. The van der Waals surface area contributed by atoms with Gasteiger partial charge in [-0.25, -0.2) is 0 Å². The van der Waals surface area contributed by atoms with Gasteiger partial charge in [-0.15, -0.1) is 0 Å². The average Bonchev–Trinajstić information content (AvgIpc) is 2.88. The Hall–Kier alpha value is -2.49. The smallest absolute Gasteiger partial charge is 0.231 e. The van der Waals surface area contributed by atoms with Crippen molar-refractivity contribution >= 4 is 5.78 Å². The second-order valence-electron chi connectivity index (χ2n) is 4.33. The van der Waals surface area contributed by atoms with Crippen LogP contribution in [0.3, 0.4) is 0 Å². The Balaban J connectivity index is 1.78. The lowest BCUT2D eigenvalue weighted by Gasteiger charge is -2.03. The van der Waals surface area contributed by atoms with E-state index in [1.165, 1.54) is 0 Å². The molecule has 0 atom stereocenters. The van der Waals surface area contributed by atoms with Gasteiger partial charge in [-0.2, -0.15) is 0 Å². The van der Waals surface area contributed by atoms with Gasteiger partial charge in [0.25, 0.3) is 0 Å². The molecular formula is C15H12O4. The molecule has 19 heavy (non-hydrogen) atoms. The number of benzene rings is 2. The number of hydrogen-bond acceptors (Lipinski definition) is 4. The molecule has 0 amide bonds. The molecule has 0 fully saturated rings. The van der Waals surface area contributed by atoms with Crippen molar-refractivity contribution in [1.82, 2.24) is 0 Å². The van der Waals surface area contributed by atoms with E-state index in [0.717, 1.165) is 5.56 Å². The zero-order valence-electron chi connectivity index (χ0n) is 10.1. The summed E-state index contributed by atoms with van der Waals surface area (Å²) in [5.74, 6) is 1.47. The van der Waals surface area contributed by atoms with Crippen LogP contribution in [0.1, 0.15) is 15.9 Å². The predicted octanol–water partition coefficient (Wildman–Crippen LogP) is 2.55. The summed E-state index contributed by atoms with van der Waals surface area (Å²) < 4.78 is 10.5. The fraction of sp³-hybridized carbons (Fsp3) is 0.133. The topological polar surface area (TPSA) is 55.8 Å². The van der Waals surface area contributed by atoms with Crippen LogP contribution < -0.4 is 9.47 Å². The lowest BCUT2D eigenvalue weighted by Crippen LogP contribution is -2.03. The molecule has 1 heterocycles. The molecule has 2 aromatic rings. The molecule has 0 spiro atoms. The standard InChI is InChI=1S/C15H12O4/c16-12-4-1-10(2-5-12)7-13(17)11-3-6-14-15(8-11)19-9-18-14/h1-6,8,16H,7,9H2. The van der Waals surface area contributed by atoms with E-state index in [2.05, 4.69) is 0 Å². The Morgan fingerprint density at radius 3 is 2.58 bits per heavy atom. The zero-order valence-corrected chi connectivity index (χ0v) is 10.1. The highest BCUT2D eigenvalue weighted by molar-refractivity contribution is 5.98. The van der Waals surface area contributed by atoms with Gasteiger partial charge in [0, 0.05) is 12.0 Å². The Morgan fingerprint density at radius 1 is 1.05 bits per heavy atom. The molecule has 1 N–H and O–H groups in total. The third-order valence-corrected chi connectivity index (χ3v) is 3.00. The molecule has 4 heteroatoms. The molecule has 3 rings (SSSR count). The van der Waals surface area contributed by atoms with Gasteiger partial charge in [0.1, 0.15) is 5.75 Å². The molecule has 1 aliphatic rings. The molecule has 0 saturated carbocycles. The molecule has 1 aliphatic heterocycles. The van der Waals surface area contributed by atoms with Gasteiger partial charge in [0.05, 0.1) is 0 Å². The third kappa shape index (κ3) is 2.38. The number of hydrogen-bond donors (Lipinski definition) is 1. The summed E-state index contributed by atoms with van der Waals surface area (Å²) in [4.78, 5) is 12.1. The van der Waals surface area contributed by atoms with E-state index in [1.807, 2.05) is 0 Å². The maximum atomic E-state index is 12.1. The minimum Gasteiger partial charge on any atom is -0.508 e. The molecule has 96 valence electrons. The highest BCUT2D eigenvalue weighted by Gasteiger charge is 2.16. The molecular weight excluding hydrogens is 244 g/mol. The molecule has 2 aromatic carbocycles. The molecule has 0 unspecified atom stereocenters. The Kier molecular flexibility index (Phi) is 2.83. The number of aromatic hydroxyl groups is 1. The van der Waals surface area contributed by atoms with Gasteiger partial charge < -0.3 is 14.6 Å². The number of rotatable bonds is 3. The first-order valence-corrected chi connectivity index (χ1v) is 5.93. The number of carbonyl (C=O) groups is 1. The van der Waals surface area contributed by atoms with E-state index in [0.29, 0.717) is 23.5 Å². The normalized spacial score (nSPS) is 12.4. The Labute approximate surface area is 110 Å². The van der Waals surface area contributed by atoms with Crippen LogP contribution in [-0.2, 0) is 6.42 Å². The SMILES string of the molecule is O=C(Cc1ccc(O)cc1)c1ccc2c(c1)OCO2. The van der Waals surface area contributed by atoms with Crippen LogP contribution in [0.4, 0.5) is 0 Å². The molecule has 4 nitrogen and oxygen atoms in total. The van der Waals surface area contributed by atoms with E-state index in [9.17, 15) is 9.90 Å². The number of Topliss-reactive ketones (excluding diaryl/α,β-unsaturated/α-hetero) is 1. The number of ketones is 1. The monoisotopic (exact) mass is 256 g/mol. The van der Waals surface area contributed by atoms with E-state index in [4.69, 9.17) is 9.47 Å². The second-order valence-corrected chi connectivity index (χ2v) is 4.33. The summed E-state index contributed by atoms with van der Waals surface area (Å²) in [7, 11) is 0. The summed E-state index contributed by atoms with van der Waals surface area (Å²) in [5.41, 5.74) is 1.46. The summed E-state index contributed by atoms with van der Waals surface area (Å²) in [6.07, 6.45) is 0.292. The van der Waals surface area contributed by atoms with Crippen LogP contribution in [0.25, 0.3) is 0 Å². The zero-order chi connectivity index (χ0) is 13.2. The van der Waals surface area contributed by atoms with Crippen LogP contribution in [0.5, 0.6) is 17.2 Å². The molecule has 0 bridgehead atoms. The quantitative estimate of drug-likeness (QED) is 0.857. The van der Waals surface area contributed by atoms with Gasteiger partial charge >= 0.3 is 0 Å². The Morgan fingerprint density at radius 2 is 1.79 bits per heavy atom. The van der Waals surface area contributed by atoms with E-state index < -0.39 is 0 Å². The molecule has 0 saturated heterocycles. The number of phenols is 1. The lowest BCUT2D eigenvalue weighted by atomic mass is 10.0. The summed E-state index contributed by atoms with van der Waals surface area (Å²) in [6.45, 7) is 0.199. The first kappa shape index (κ1) is 11.6. The summed E-state index contributed by atoms with van der Waals surface area (Å²) in [5, 5.41) is 9.20. The van der Waals surface area contributed by atoms with Crippen molar-refractivity contribution in [3.63, 3.8) is 0 Å². The average molecular weight is 256 g/mol. The number of phenolic OH excluding ortho intramolecular Hbond substituents is 1. The van der Waals surface area contributed by atoms with Gasteiger partial charge in [-0.3, -0.25) is 4.79 Å². The van der Waals surface area contributed by atoms with Crippen molar-refractivity contribution in [3.8, 4) is 17.2 Å². The maximum Gasteiger partial charge on any atom is 0.231 e. The number of ether oxygens (including phenoxy) is 2. The summed E-state index contributed by atoms with van der Waals surface area (Å²) >= 11 is 0. The van der Waals surface area contributed by atoms with Gasteiger partial charge in [0.15, 0.2) is 17.3 Å². The van der Waals surface area contributed by atoms with Crippen molar-refractivity contribution in [3.05, 3.63) is 53.6 Å². The third-order valence-electron chi connectivity index (χ3n) is 3.00. The van der Waals surface area contributed by atoms with Gasteiger partial charge in [0.2, 0.25) is 6.79 Å². The van der Waals surface area contributed by atoms with Crippen molar-refractivity contribution < 1.29 is 19.4 Å². The minimum absolute atomic E-state index is 0.00369. The van der Waals surface area contributed by atoms with Crippen LogP contribution >= 0.6 is 0 Å². The number of fused-ring (bicyclic) bond motifs is 1. The van der Waals surface area contributed by atoms with E-state index in [1.54, 1.807) is 42.5 Å². The maximum absolute atomic E-state index is 12.1. The van der Waals surface area contributed by atoms with Crippen molar-refractivity contribution in [1.29, 1.82) is 0 Å². The highest BCUT2D eigenvalue weighted by Crippen LogP contribution is 2.32. The van der Waals surface area contributed by atoms with Crippen LogP contribution in [0.15, 0.2) is 42.5 Å². The fourth-order valence-corrected chi connectivity index (χ4v) is 1.97. The predicted molar refractivity (Wildman–Crippen MR) is 68.7 cm³/mol. The van der Waals surface area contributed by atoms with Crippen molar-refractivity contribution in [2.24, 2.45) is 0 Å². The van der Waals surface area contributed by atoms with Crippen molar-refractivity contribution in [2.75, 3.05) is 6.79 Å². The lowest BCUT2D eigenvalue weighted by molar-refractivity contribution is 0.0992. The fourth-order valence-electron chi connectivity index (χ4n) is 1.97. The first-order chi connectivity index (χ1) is 9.22. The number of carbonyl (C=O) groups excluding carboxylic acids is 1. The van der Waals surface area contributed by atoms with Crippen molar-refractivity contribution in [2.45, 2.75) is 6.42 Å². The van der Waals surface area contributed by atoms with E-state index >= 15 is 0 Å². The molecule has 0 aromatic heterocycles. The van der Waals surface area contributed by atoms with Crippen LogP contribution in [0.2, 0.25) is 0 Å². The summed E-state index contributed by atoms with van der Waals surface area (Å²) in [6, 6.07) is 11.8. The largest absolute Gasteiger partial charge is 0.508 e. The minimum atomic E-state index is 0.00369. The van der Waals surface area contributed by atoms with Crippen LogP contribution in [-0.4, -0.2) is 17.7 Å². The van der Waals surface area contributed by atoms with Gasteiger partial charge in [-0.1, -0.05) is 12.1 Å². The Bertz CT molecular complexity index is 617. The van der Waals surface area contributed by atoms with Crippen LogP contribution in [0, 0.1) is 0 Å². The van der Waals surface area contributed by atoms with E-state index in [-0.39, 0.29) is 18.3 Å².